The van der Waals surface area contributed by atoms with Crippen LogP contribution in [0.5, 0.6) is 11.5 Å². The van der Waals surface area contributed by atoms with Gasteiger partial charge in [-0.2, -0.15) is 0 Å². The first-order chi connectivity index (χ1) is 9.19. The van der Waals surface area contributed by atoms with Gasteiger partial charge in [0, 0.05) is 19.1 Å². The minimum atomic E-state index is 0.0992. The number of nitrogens with one attached hydrogen (secondary N) is 1. The van der Waals surface area contributed by atoms with Gasteiger partial charge in [-0.1, -0.05) is 0 Å². The van der Waals surface area contributed by atoms with E-state index in [1.165, 1.54) is 0 Å². The van der Waals surface area contributed by atoms with E-state index in [0.717, 1.165) is 22.4 Å². The van der Waals surface area contributed by atoms with Gasteiger partial charge in [-0.25, -0.2) is 0 Å². The minimum Gasteiger partial charge on any atom is -0.497 e. The maximum Gasteiger partial charge on any atom is 0.134 e. The van der Waals surface area contributed by atoms with E-state index in [2.05, 4.69) is 21.2 Å². The van der Waals surface area contributed by atoms with E-state index in [-0.39, 0.29) is 12.2 Å². The van der Waals surface area contributed by atoms with Crippen LogP contribution in [-0.2, 0) is 4.74 Å². The number of benzene rings is 1. The Morgan fingerprint density at radius 2 is 2.21 bits per heavy atom. The zero-order valence-corrected chi connectivity index (χ0v) is 13.1. The third kappa shape index (κ3) is 3.22. The maximum absolute atomic E-state index is 6.01. The molecule has 1 aliphatic rings. The molecule has 0 aromatic heterocycles. The second-order valence-corrected chi connectivity index (χ2v) is 5.36. The lowest BCUT2D eigenvalue weighted by molar-refractivity contribution is -0.103. The summed E-state index contributed by atoms with van der Waals surface area (Å²) in [7, 11) is 3.60. The molecule has 19 heavy (non-hydrogen) atoms. The van der Waals surface area contributed by atoms with Crippen molar-refractivity contribution < 1.29 is 14.2 Å². The molecule has 0 saturated heterocycles. The Hall–Kier alpha value is -0.780. The lowest BCUT2D eigenvalue weighted by Gasteiger charge is -2.43. The fourth-order valence-electron chi connectivity index (χ4n) is 2.26. The van der Waals surface area contributed by atoms with Crippen molar-refractivity contribution in [2.45, 2.75) is 31.6 Å². The first-order valence-electron chi connectivity index (χ1n) is 6.48. The molecule has 5 heteroatoms. The summed E-state index contributed by atoms with van der Waals surface area (Å²) in [6.07, 6.45) is 1.17. The summed E-state index contributed by atoms with van der Waals surface area (Å²) >= 11 is 3.50. The predicted molar refractivity (Wildman–Crippen MR) is 78.0 cm³/mol. The fraction of sp³-hybridized carbons (Fsp3) is 0.571. The fourth-order valence-corrected chi connectivity index (χ4v) is 2.71. The largest absolute Gasteiger partial charge is 0.497 e. The van der Waals surface area contributed by atoms with Gasteiger partial charge in [0.05, 0.1) is 11.6 Å². The third-order valence-electron chi connectivity index (χ3n) is 3.40. The van der Waals surface area contributed by atoms with Crippen molar-refractivity contribution in [3.05, 3.63) is 22.7 Å². The van der Waals surface area contributed by atoms with E-state index in [1.807, 2.05) is 32.2 Å². The van der Waals surface area contributed by atoms with E-state index in [9.17, 15) is 0 Å². The van der Waals surface area contributed by atoms with Crippen molar-refractivity contribution in [2.24, 2.45) is 0 Å². The van der Waals surface area contributed by atoms with Crippen LogP contribution in [0.2, 0.25) is 0 Å². The lowest BCUT2D eigenvalue weighted by atomic mass is 9.85. The molecular weight excluding hydrogens is 310 g/mol. The van der Waals surface area contributed by atoms with Gasteiger partial charge in [-0.05, 0) is 48.1 Å². The standard InChI is InChI=1S/C14H20BrNO3/c1-4-18-14-11(16-2)8-13(14)19-12-6-5-9(17-3)7-10(12)15/h5-7,11,13-14,16H,4,8H2,1-3H3. The molecule has 0 heterocycles. The Balaban J connectivity index is 2.01. The number of halogens is 1. The van der Waals surface area contributed by atoms with Crippen LogP contribution in [0.1, 0.15) is 13.3 Å². The van der Waals surface area contributed by atoms with Gasteiger partial charge in [0.15, 0.2) is 0 Å². The highest BCUT2D eigenvalue weighted by molar-refractivity contribution is 9.10. The SMILES string of the molecule is CCOC1C(NC)CC1Oc1ccc(OC)cc1Br. The minimum absolute atomic E-state index is 0.0992. The first kappa shape index (κ1) is 14.6. The summed E-state index contributed by atoms with van der Waals surface area (Å²) in [6, 6.07) is 6.09. The number of rotatable bonds is 6. The van der Waals surface area contributed by atoms with Gasteiger partial charge in [0.1, 0.15) is 23.7 Å². The Morgan fingerprint density at radius 1 is 1.42 bits per heavy atom. The van der Waals surface area contributed by atoms with E-state index in [4.69, 9.17) is 14.2 Å². The van der Waals surface area contributed by atoms with E-state index >= 15 is 0 Å². The smallest absolute Gasteiger partial charge is 0.134 e. The number of ether oxygens (including phenoxy) is 3. The number of methoxy groups -OCH3 is 1. The molecule has 1 aromatic rings. The molecule has 0 bridgehead atoms. The number of likely N-dealkylation sites (N-methyl/N-ethyl adjacent to an activating group) is 1. The lowest BCUT2D eigenvalue weighted by Crippen LogP contribution is -2.60. The third-order valence-corrected chi connectivity index (χ3v) is 4.02. The summed E-state index contributed by atoms with van der Waals surface area (Å²) in [6.45, 7) is 2.71. The highest BCUT2D eigenvalue weighted by atomic mass is 79.9. The summed E-state index contributed by atoms with van der Waals surface area (Å²) in [5, 5.41) is 3.25. The van der Waals surface area contributed by atoms with Crippen LogP contribution in [0.3, 0.4) is 0 Å². The molecule has 106 valence electrons. The Morgan fingerprint density at radius 3 is 2.79 bits per heavy atom. The van der Waals surface area contributed by atoms with E-state index < -0.39 is 0 Å². The molecule has 0 spiro atoms. The van der Waals surface area contributed by atoms with Gasteiger partial charge in [-0.15, -0.1) is 0 Å². The van der Waals surface area contributed by atoms with Crippen LogP contribution >= 0.6 is 15.9 Å². The van der Waals surface area contributed by atoms with E-state index in [1.54, 1.807) is 7.11 Å². The molecule has 1 aromatic carbocycles. The Bertz CT molecular complexity index is 427. The van der Waals surface area contributed by atoms with E-state index in [0.29, 0.717) is 12.6 Å². The maximum atomic E-state index is 6.01. The van der Waals surface area contributed by atoms with Crippen LogP contribution < -0.4 is 14.8 Å². The average molecular weight is 330 g/mol. The molecule has 3 unspecified atom stereocenters. The van der Waals surface area contributed by atoms with Gasteiger partial charge in [-0.3, -0.25) is 0 Å². The van der Waals surface area contributed by atoms with Crippen molar-refractivity contribution in [3.8, 4) is 11.5 Å². The summed E-state index contributed by atoms with van der Waals surface area (Å²) in [5.74, 6) is 1.63. The predicted octanol–water partition coefficient (Wildman–Crippen LogP) is 2.60. The molecule has 1 saturated carbocycles. The molecule has 1 fully saturated rings. The molecular formula is C14H20BrNO3. The first-order valence-corrected chi connectivity index (χ1v) is 7.28. The van der Waals surface area contributed by atoms with Crippen LogP contribution in [-0.4, -0.2) is 39.0 Å². The highest BCUT2D eigenvalue weighted by Gasteiger charge is 2.43. The van der Waals surface area contributed by atoms with Crippen molar-refractivity contribution in [1.82, 2.24) is 5.32 Å². The Kier molecular flexibility index (Phi) is 5.07. The van der Waals surface area contributed by atoms with Gasteiger partial charge in [0.25, 0.3) is 0 Å². The molecule has 0 radical (unpaired) electrons. The molecule has 0 amide bonds. The second kappa shape index (κ2) is 6.59. The molecule has 2 rings (SSSR count). The van der Waals surface area contributed by atoms with Crippen molar-refractivity contribution in [1.29, 1.82) is 0 Å². The van der Waals surface area contributed by atoms with Crippen molar-refractivity contribution in [3.63, 3.8) is 0 Å². The average Bonchev–Trinajstić information content (AvgIpc) is 2.41. The van der Waals surface area contributed by atoms with Crippen LogP contribution in [0.15, 0.2) is 22.7 Å². The quantitative estimate of drug-likeness (QED) is 0.870. The van der Waals surface area contributed by atoms with Crippen molar-refractivity contribution >= 4 is 15.9 Å². The van der Waals surface area contributed by atoms with Crippen LogP contribution in [0.25, 0.3) is 0 Å². The number of hydrogen-bond acceptors (Lipinski definition) is 4. The second-order valence-electron chi connectivity index (χ2n) is 4.50. The van der Waals surface area contributed by atoms with Gasteiger partial charge < -0.3 is 19.5 Å². The number of hydrogen-bond donors (Lipinski definition) is 1. The summed E-state index contributed by atoms with van der Waals surface area (Å²) in [4.78, 5) is 0. The van der Waals surface area contributed by atoms with Crippen LogP contribution in [0, 0.1) is 0 Å². The molecule has 1 N–H and O–H groups in total. The normalized spacial score (nSPS) is 25.8. The van der Waals surface area contributed by atoms with Crippen molar-refractivity contribution in [2.75, 3.05) is 20.8 Å². The highest BCUT2D eigenvalue weighted by Crippen LogP contribution is 2.34. The summed E-state index contributed by atoms with van der Waals surface area (Å²) < 4.78 is 17.8. The molecule has 3 atom stereocenters. The molecule has 0 aliphatic heterocycles. The summed E-state index contributed by atoms with van der Waals surface area (Å²) in [5.41, 5.74) is 0. The molecule has 4 nitrogen and oxygen atoms in total. The Labute approximate surface area is 122 Å². The zero-order chi connectivity index (χ0) is 13.8. The monoisotopic (exact) mass is 329 g/mol. The topological polar surface area (TPSA) is 39.7 Å². The van der Waals surface area contributed by atoms with Gasteiger partial charge >= 0.3 is 0 Å². The zero-order valence-electron chi connectivity index (χ0n) is 11.5. The van der Waals surface area contributed by atoms with Crippen LogP contribution in [0.4, 0.5) is 0 Å². The molecule has 1 aliphatic carbocycles. The van der Waals surface area contributed by atoms with Gasteiger partial charge in [0.2, 0.25) is 0 Å².